The molecule has 3 rings (SSSR count). The maximum Gasteiger partial charge on any atom is 0.257 e. The van der Waals surface area contributed by atoms with Crippen molar-refractivity contribution in [1.29, 1.82) is 0 Å². The van der Waals surface area contributed by atoms with Gasteiger partial charge in [-0.3, -0.25) is 9.59 Å². The molecule has 1 aliphatic heterocycles. The van der Waals surface area contributed by atoms with E-state index in [9.17, 15) is 9.59 Å². The Morgan fingerprint density at radius 1 is 0.720 bits per heavy atom. The van der Waals surface area contributed by atoms with E-state index in [1.54, 1.807) is 0 Å². The average molecular weight is 343 g/mol. The fourth-order valence-electron chi connectivity index (χ4n) is 2.52. The van der Waals surface area contributed by atoms with Crippen LogP contribution in [0.4, 0.5) is 0 Å². The molecule has 7 nitrogen and oxygen atoms in total. The van der Waals surface area contributed by atoms with Gasteiger partial charge in [-0.1, -0.05) is 24.3 Å². The van der Waals surface area contributed by atoms with Crippen molar-refractivity contribution in [3.63, 3.8) is 0 Å². The molecule has 2 aromatic carbocycles. The third-order valence-corrected chi connectivity index (χ3v) is 3.78. The first kappa shape index (κ1) is 17.0. The number of nitrogens with one attached hydrogen (secondary N) is 3. The van der Waals surface area contributed by atoms with Gasteiger partial charge in [0, 0.05) is 26.2 Å². The Hall–Kier alpha value is -2.80. The summed E-state index contributed by atoms with van der Waals surface area (Å²) in [6.07, 6.45) is 0. The third-order valence-electron chi connectivity index (χ3n) is 3.78. The molecule has 0 radical (unpaired) electrons. The van der Waals surface area contributed by atoms with Crippen molar-refractivity contribution in [1.82, 2.24) is 16.0 Å². The second-order valence-electron chi connectivity index (χ2n) is 5.67. The summed E-state index contributed by atoms with van der Waals surface area (Å²) in [6, 6.07) is 11.4. The Morgan fingerprint density at radius 2 is 1.20 bits per heavy atom. The summed E-state index contributed by atoms with van der Waals surface area (Å²) in [5, 5.41) is 10.6. The van der Waals surface area contributed by atoms with Gasteiger partial charge in [0.1, 0.15) is 0 Å². The molecule has 0 aliphatic carbocycles. The lowest BCUT2D eigenvalue weighted by Crippen LogP contribution is -2.38. The lowest BCUT2D eigenvalue weighted by atomic mass is 10.1. The number of ether oxygens (including phenoxy) is 2. The van der Waals surface area contributed by atoms with Crippen molar-refractivity contribution in [2.75, 3.05) is 39.4 Å². The van der Waals surface area contributed by atoms with Crippen LogP contribution in [0.15, 0.2) is 36.4 Å². The molecule has 0 spiro atoms. The summed E-state index contributed by atoms with van der Waals surface area (Å²) in [4.78, 5) is 23.8. The van der Waals surface area contributed by atoms with Crippen molar-refractivity contribution in [3.8, 4) is 11.5 Å². The Morgan fingerprint density at radius 3 is 1.68 bits per heavy atom. The Balaban J connectivity index is 1.83. The van der Waals surface area contributed by atoms with Crippen molar-refractivity contribution in [2.24, 2.45) is 0 Å². The van der Waals surface area contributed by atoms with Crippen LogP contribution in [0.1, 0.15) is 0 Å². The third kappa shape index (κ3) is 4.84. The van der Waals surface area contributed by atoms with Crippen LogP contribution in [-0.4, -0.2) is 51.2 Å². The summed E-state index contributed by atoms with van der Waals surface area (Å²) >= 11 is 0. The van der Waals surface area contributed by atoms with E-state index in [2.05, 4.69) is 16.0 Å². The van der Waals surface area contributed by atoms with Gasteiger partial charge in [0.15, 0.2) is 24.7 Å². The highest BCUT2D eigenvalue weighted by Gasteiger charge is 2.12. The molecule has 0 bridgehead atoms. The van der Waals surface area contributed by atoms with E-state index in [-0.39, 0.29) is 25.0 Å². The number of carbonyl (C=O) groups excluding carboxylic acids is 2. The highest BCUT2D eigenvalue weighted by Crippen LogP contribution is 2.32. The van der Waals surface area contributed by atoms with E-state index < -0.39 is 0 Å². The van der Waals surface area contributed by atoms with Gasteiger partial charge in [-0.05, 0) is 22.9 Å². The van der Waals surface area contributed by atoms with Crippen LogP contribution < -0.4 is 25.4 Å². The molecule has 25 heavy (non-hydrogen) atoms. The highest BCUT2D eigenvalue weighted by atomic mass is 16.5. The van der Waals surface area contributed by atoms with Crippen molar-refractivity contribution < 1.29 is 19.1 Å². The van der Waals surface area contributed by atoms with Gasteiger partial charge < -0.3 is 25.4 Å². The molecule has 0 aromatic heterocycles. The lowest BCUT2D eigenvalue weighted by Gasteiger charge is -2.14. The quantitative estimate of drug-likeness (QED) is 0.646. The molecule has 1 aliphatic rings. The Labute approximate surface area is 145 Å². The summed E-state index contributed by atoms with van der Waals surface area (Å²) in [7, 11) is 0. The van der Waals surface area contributed by atoms with E-state index in [4.69, 9.17) is 9.47 Å². The minimum atomic E-state index is -0.204. The zero-order valence-corrected chi connectivity index (χ0v) is 13.8. The van der Waals surface area contributed by atoms with E-state index in [1.165, 1.54) is 0 Å². The number of amides is 2. The van der Waals surface area contributed by atoms with Gasteiger partial charge in [0.2, 0.25) is 0 Å². The van der Waals surface area contributed by atoms with Crippen molar-refractivity contribution >= 4 is 22.6 Å². The smallest absolute Gasteiger partial charge is 0.257 e. The fraction of sp³-hybridized carbons (Fsp3) is 0.333. The summed E-state index contributed by atoms with van der Waals surface area (Å²) in [5.74, 6) is 0.472. The maximum atomic E-state index is 11.9. The number of benzene rings is 2. The number of fused-ring (bicyclic) bond motifs is 2. The van der Waals surface area contributed by atoms with Crippen molar-refractivity contribution in [2.45, 2.75) is 0 Å². The summed E-state index contributed by atoms with van der Waals surface area (Å²) < 4.78 is 11.3. The highest BCUT2D eigenvalue weighted by molar-refractivity contribution is 5.86. The standard InChI is InChI=1S/C18H21N3O4/c22-17-11-24-15-9-13-3-1-2-4-14(13)10-16(15)25-12-18(23)21-8-6-19-5-7-20-17/h1-4,9-10,19H,5-8,11-12H2,(H,20,22)(H,21,23). The molecule has 3 N–H and O–H groups in total. The first-order valence-corrected chi connectivity index (χ1v) is 8.25. The normalized spacial score (nSPS) is 17.1. The zero-order valence-electron chi connectivity index (χ0n) is 13.8. The monoisotopic (exact) mass is 343 g/mol. The number of hydrogen-bond acceptors (Lipinski definition) is 5. The largest absolute Gasteiger partial charge is 0.480 e. The zero-order chi connectivity index (χ0) is 17.5. The van der Waals surface area contributed by atoms with E-state index in [0.29, 0.717) is 37.7 Å². The molecule has 2 aromatic rings. The molecule has 2 amide bonds. The fourth-order valence-corrected chi connectivity index (χ4v) is 2.52. The number of carbonyl (C=O) groups is 2. The average Bonchev–Trinajstić information content (AvgIpc) is 2.63. The Bertz CT molecular complexity index is 701. The first-order valence-electron chi connectivity index (χ1n) is 8.25. The van der Waals surface area contributed by atoms with E-state index in [0.717, 1.165) is 10.8 Å². The van der Waals surface area contributed by atoms with Crippen LogP contribution in [0.5, 0.6) is 11.5 Å². The van der Waals surface area contributed by atoms with Gasteiger partial charge in [0.05, 0.1) is 0 Å². The maximum absolute atomic E-state index is 11.9. The first-order chi connectivity index (χ1) is 12.2. The van der Waals surface area contributed by atoms with Gasteiger partial charge in [-0.25, -0.2) is 0 Å². The molecule has 7 heteroatoms. The Kier molecular flexibility index (Phi) is 5.69. The van der Waals surface area contributed by atoms with Crippen LogP contribution in [0, 0.1) is 0 Å². The molecule has 1 heterocycles. The minimum absolute atomic E-state index is 0.110. The van der Waals surface area contributed by atoms with Gasteiger partial charge in [-0.2, -0.15) is 0 Å². The van der Waals surface area contributed by atoms with Crippen LogP contribution in [0.3, 0.4) is 0 Å². The predicted molar refractivity (Wildman–Crippen MR) is 93.8 cm³/mol. The van der Waals surface area contributed by atoms with E-state index in [1.807, 2.05) is 36.4 Å². The molecular formula is C18H21N3O4. The van der Waals surface area contributed by atoms with Crippen LogP contribution in [0.25, 0.3) is 10.8 Å². The minimum Gasteiger partial charge on any atom is -0.480 e. The molecule has 0 fully saturated rings. The van der Waals surface area contributed by atoms with Gasteiger partial charge >= 0.3 is 0 Å². The van der Waals surface area contributed by atoms with Crippen molar-refractivity contribution in [3.05, 3.63) is 36.4 Å². The van der Waals surface area contributed by atoms with Crippen LogP contribution >= 0.6 is 0 Å². The molecule has 0 atom stereocenters. The topological polar surface area (TPSA) is 88.7 Å². The molecule has 132 valence electrons. The SMILES string of the molecule is O=C1COc2cc3ccccc3cc2OCC(=O)NCCNCCN1. The molecule has 0 saturated heterocycles. The second kappa shape index (κ2) is 8.34. The van der Waals surface area contributed by atoms with E-state index >= 15 is 0 Å². The number of hydrogen-bond donors (Lipinski definition) is 3. The van der Waals surface area contributed by atoms with Crippen LogP contribution in [-0.2, 0) is 9.59 Å². The van der Waals surface area contributed by atoms with Gasteiger partial charge in [-0.15, -0.1) is 0 Å². The second-order valence-corrected chi connectivity index (χ2v) is 5.67. The predicted octanol–water partition coefficient (Wildman–Crippen LogP) is 0.433. The van der Waals surface area contributed by atoms with Gasteiger partial charge in [0.25, 0.3) is 11.8 Å². The molecule has 0 saturated carbocycles. The molecule has 0 unspecified atom stereocenters. The summed E-state index contributed by atoms with van der Waals surface area (Å²) in [5.41, 5.74) is 0. The summed E-state index contributed by atoms with van der Waals surface area (Å²) in [6.45, 7) is 2.02. The lowest BCUT2D eigenvalue weighted by molar-refractivity contribution is -0.124. The van der Waals surface area contributed by atoms with Crippen LogP contribution in [0.2, 0.25) is 0 Å². The molecular weight excluding hydrogens is 322 g/mol. The number of rotatable bonds is 0.